The van der Waals surface area contributed by atoms with Crippen LogP contribution in [0.15, 0.2) is 0 Å². The predicted octanol–water partition coefficient (Wildman–Crippen LogP) is 1.63. The summed E-state index contributed by atoms with van der Waals surface area (Å²) in [6, 6.07) is 0.782. The highest BCUT2D eigenvalue weighted by molar-refractivity contribution is 5.76. The third-order valence-electron chi connectivity index (χ3n) is 3.02. The van der Waals surface area contributed by atoms with Gasteiger partial charge in [-0.15, -0.1) is 0 Å². The van der Waals surface area contributed by atoms with Gasteiger partial charge in [-0.1, -0.05) is 13.8 Å². The van der Waals surface area contributed by atoms with Crippen LogP contribution in [-0.4, -0.2) is 36.0 Å². The lowest BCUT2D eigenvalue weighted by molar-refractivity contribution is -0.134. The molecule has 3 heteroatoms. The number of nitrogens with zero attached hydrogens (tertiary/aromatic N) is 1. The molecule has 3 nitrogen and oxygen atoms in total. The average molecular weight is 212 g/mol. The van der Waals surface area contributed by atoms with Gasteiger partial charge in [-0.2, -0.15) is 0 Å². The van der Waals surface area contributed by atoms with Gasteiger partial charge in [0.25, 0.3) is 0 Å². The first-order valence-corrected chi connectivity index (χ1v) is 6.03. The van der Waals surface area contributed by atoms with E-state index in [0.29, 0.717) is 30.3 Å². The molecule has 0 bridgehead atoms. The molecule has 0 aromatic carbocycles. The van der Waals surface area contributed by atoms with E-state index in [4.69, 9.17) is 0 Å². The summed E-state index contributed by atoms with van der Waals surface area (Å²) >= 11 is 0. The summed E-state index contributed by atoms with van der Waals surface area (Å²) in [7, 11) is 0. The minimum absolute atomic E-state index is 0.324. The van der Waals surface area contributed by atoms with Crippen LogP contribution in [0.25, 0.3) is 0 Å². The van der Waals surface area contributed by atoms with Gasteiger partial charge in [-0.05, 0) is 26.2 Å². The Balaban J connectivity index is 2.42. The lowest BCUT2D eigenvalue weighted by Gasteiger charge is -2.37. The average Bonchev–Trinajstić information content (AvgIpc) is 2.18. The van der Waals surface area contributed by atoms with Crippen LogP contribution in [0.5, 0.6) is 0 Å². The van der Waals surface area contributed by atoms with Crippen LogP contribution < -0.4 is 5.32 Å². The van der Waals surface area contributed by atoms with Gasteiger partial charge in [0, 0.05) is 31.6 Å². The van der Waals surface area contributed by atoms with Crippen molar-refractivity contribution in [2.45, 2.75) is 52.6 Å². The Morgan fingerprint density at radius 1 is 1.47 bits per heavy atom. The Hall–Kier alpha value is -0.570. The molecule has 1 N–H and O–H groups in total. The SMILES string of the molecule is CC(C)CCC(=O)N1CC(C)NCC1C. The maximum Gasteiger partial charge on any atom is 0.222 e. The van der Waals surface area contributed by atoms with Crippen LogP contribution in [0, 0.1) is 5.92 Å². The molecule has 1 rings (SSSR count). The third-order valence-corrected chi connectivity index (χ3v) is 3.02. The van der Waals surface area contributed by atoms with Crippen LogP contribution in [0.3, 0.4) is 0 Å². The second kappa shape index (κ2) is 5.50. The maximum atomic E-state index is 12.0. The minimum Gasteiger partial charge on any atom is -0.337 e. The molecule has 0 spiro atoms. The Labute approximate surface area is 93.2 Å². The molecule has 1 saturated heterocycles. The van der Waals surface area contributed by atoms with Crippen molar-refractivity contribution < 1.29 is 4.79 Å². The van der Waals surface area contributed by atoms with Crippen molar-refractivity contribution >= 4 is 5.91 Å². The summed E-state index contributed by atoms with van der Waals surface area (Å²) < 4.78 is 0. The van der Waals surface area contributed by atoms with E-state index < -0.39 is 0 Å². The summed E-state index contributed by atoms with van der Waals surface area (Å²) in [5.74, 6) is 0.939. The topological polar surface area (TPSA) is 32.3 Å². The first-order valence-electron chi connectivity index (χ1n) is 6.03. The van der Waals surface area contributed by atoms with Crippen molar-refractivity contribution in [2.24, 2.45) is 5.92 Å². The van der Waals surface area contributed by atoms with Crippen LogP contribution >= 0.6 is 0 Å². The fourth-order valence-corrected chi connectivity index (χ4v) is 1.92. The van der Waals surface area contributed by atoms with Crippen LogP contribution in [-0.2, 0) is 4.79 Å². The molecule has 0 radical (unpaired) electrons. The van der Waals surface area contributed by atoms with Gasteiger partial charge in [0.15, 0.2) is 0 Å². The second-order valence-electron chi connectivity index (χ2n) is 5.14. The molecule has 2 atom stereocenters. The Morgan fingerprint density at radius 2 is 2.13 bits per heavy atom. The highest BCUT2D eigenvalue weighted by atomic mass is 16.2. The molecule has 15 heavy (non-hydrogen) atoms. The number of nitrogens with one attached hydrogen (secondary N) is 1. The van der Waals surface area contributed by atoms with Crippen molar-refractivity contribution in [3.8, 4) is 0 Å². The molecular weight excluding hydrogens is 188 g/mol. The molecule has 1 aliphatic rings. The van der Waals surface area contributed by atoms with Crippen molar-refractivity contribution in [3.05, 3.63) is 0 Å². The number of carbonyl (C=O) groups is 1. The molecular formula is C12H24N2O. The monoisotopic (exact) mass is 212 g/mol. The molecule has 0 aliphatic carbocycles. The molecule has 0 aromatic rings. The Kier molecular flexibility index (Phi) is 4.58. The van der Waals surface area contributed by atoms with Gasteiger partial charge >= 0.3 is 0 Å². The molecule has 1 fully saturated rings. The zero-order chi connectivity index (χ0) is 11.4. The van der Waals surface area contributed by atoms with E-state index in [1.165, 1.54) is 0 Å². The number of hydrogen-bond donors (Lipinski definition) is 1. The van der Waals surface area contributed by atoms with Gasteiger partial charge in [-0.3, -0.25) is 4.79 Å². The number of carbonyl (C=O) groups excluding carboxylic acids is 1. The van der Waals surface area contributed by atoms with Crippen molar-refractivity contribution in [1.29, 1.82) is 0 Å². The van der Waals surface area contributed by atoms with E-state index in [9.17, 15) is 4.79 Å². The molecule has 1 amide bonds. The van der Waals surface area contributed by atoms with E-state index in [1.54, 1.807) is 0 Å². The lowest BCUT2D eigenvalue weighted by Crippen LogP contribution is -2.56. The standard InChI is InChI=1S/C12H24N2O/c1-9(2)5-6-12(15)14-8-10(3)13-7-11(14)4/h9-11,13H,5-8H2,1-4H3. The first kappa shape index (κ1) is 12.5. The number of hydrogen-bond acceptors (Lipinski definition) is 2. The van der Waals surface area contributed by atoms with E-state index in [2.05, 4.69) is 33.0 Å². The summed E-state index contributed by atoms with van der Waals surface area (Å²) in [4.78, 5) is 14.0. The molecule has 0 aromatic heterocycles. The summed E-state index contributed by atoms with van der Waals surface area (Å²) in [5, 5.41) is 3.39. The maximum absolute atomic E-state index is 12.0. The fourth-order valence-electron chi connectivity index (χ4n) is 1.92. The quantitative estimate of drug-likeness (QED) is 0.771. The predicted molar refractivity (Wildman–Crippen MR) is 62.7 cm³/mol. The molecule has 88 valence electrons. The van der Waals surface area contributed by atoms with Gasteiger partial charge in [-0.25, -0.2) is 0 Å². The Bertz CT molecular complexity index is 216. The van der Waals surface area contributed by atoms with E-state index in [-0.39, 0.29) is 0 Å². The summed E-state index contributed by atoms with van der Waals surface area (Å²) in [5.41, 5.74) is 0. The Morgan fingerprint density at radius 3 is 2.73 bits per heavy atom. The molecule has 1 aliphatic heterocycles. The number of piperazine rings is 1. The smallest absolute Gasteiger partial charge is 0.222 e. The largest absolute Gasteiger partial charge is 0.337 e. The van der Waals surface area contributed by atoms with Crippen LogP contribution in [0.2, 0.25) is 0 Å². The normalized spacial score (nSPS) is 27.1. The van der Waals surface area contributed by atoms with E-state index in [0.717, 1.165) is 19.5 Å². The van der Waals surface area contributed by atoms with Crippen LogP contribution in [0.1, 0.15) is 40.5 Å². The van der Waals surface area contributed by atoms with Gasteiger partial charge in [0.2, 0.25) is 5.91 Å². The van der Waals surface area contributed by atoms with Gasteiger partial charge in [0.1, 0.15) is 0 Å². The van der Waals surface area contributed by atoms with Crippen LogP contribution in [0.4, 0.5) is 0 Å². The second-order valence-corrected chi connectivity index (χ2v) is 5.14. The van der Waals surface area contributed by atoms with E-state index in [1.807, 2.05) is 4.90 Å². The third kappa shape index (κ3) is 3.82. The number of amides is 1. The molecule has 2 unspecified atom stereocenters. The minimum atomic E-state index is 0.324. The summed E-state index contributed by atoms with van der Waals surface area (Å²) in [6.45, 7) is 10.4. The van der Waals surface area contributed by atoms with Crippen molar-refractivity contribution in [2.75, 3.05) is 13.1 Å². The van der Waals surface area contributed by atoms with E-state index >= 15 is 0 Å². The molecule has 1 heterocycles. The van der Waals surface area contributed by atoms with Gasteiger partial charge < -0.3 is 10.2 Å². The first-order chi connectivity index (χ1) is 7.00. The van der Waals surface area contributed by atoms with Crippen molar-refractivity contribution in [3.63, 3.8) is 0 Å². The zero-order valence-electron chi connectivity index (χ0n) is 10.4. The lowest BCUT2D eigenvalue weighted by atomic mass is 10.1. The fraction of sp³-hybridized carbons (Fsp3) is 0.917. The highest BCUT2D eigenvalue weighted by Gasteiger charge is 2.25. The molecule has 0 saturated carbocycles. The highest BCUT2D eigenvalue weighted by Crippen LogP contribution is 2.12. The van der Waals surface area contributed by atoms with Gasteiger partial charge in [0.05, 0.1) is 0 Å². The summed E-state index contributed by atoms with van der Waals surface area (Å²) in [6.07, 6.45) is 1.71. The zero-order valence-corrected chi connectivity index (χ0v) is 10.4. The number of rotatable bonds is 3. The van der Waals surface area contributed by atoms with Crippen molar-refractivity contribution in [1.82, 2.24) is 10.2 Å².